The number of carbonyl (C=O) groups excluding carboxylic acids is 1. The first-order valence-electron chi connectivity index (χ1n) is 7.92. The van der Waals surface area contributed by atoms with Gasteiger partial charge in [-0.15, -0.1) is 0 Å². The summed E-state index contributed by atoms with van der Waals surface area (Å²) in [4.78, 5) is 13.2. The van der Waals surface area contributed by atoms with Gasteiger partial charge in [0.1, 0.15) is 0 Å². The van der Waals surface area contributed by atoms with Crippen LogP contribution >= 0.6 is 0 Å². The first kappa shape index (κ1) is 16.7. The third kappa shape index (κ3) is 2.73. The lowest BCUT2D eigenvalue weighted by Crippen LogP contribution is -2.42. The summed E-state index contributed by atoms with van der Waals surface area (Å²) in [6.45, 7) is 5.69. The normalized spacial score (nSPS) is 18.9. The summed E-state index contributed by atoms with van der Waals surface area (Å²) in [5.74, 6) is -0.254. The number of fused-ring (bicyclic) bond motifs is 1. The molecule has 1 aliphatic rings. The van der Waals surface area contributed by atoms with Gasteiger partial charge in [0.25, 0.3) is 0 Å². The molecule has 1 atom stereocenters. The lowest BCUT2D eigenvalue weighted by Gasteiger charge is -2.27. The van der Waals surface area contributed by atoms with E-state index in [9.17, 15) is 13.2 Å². The van der Waals surface area contributed by atoms with Gasteiger partial charge < -0.3 is 5.32 Å². The molecule has 24 heavy (non-hydrogen) atoms. The third-order valence-corrected chi connectivity index (χ3v) is 6.52. The van der Waals surface area contributed by atoms with Crippen LogP contribution in [0.1, 0.15) is 36.6 Å². The maximum atomic E-state index is 12.9. The van der Waals surface area contributed by atoms with Crippen LogP contribution in [0.2, 0.25) is 0 Å². The zero-order valence-electron chi connectivity index (χ0n) is 14.0. The highest BCUT2D eigenvalue weighted by Crippen LogP contribution is 2.34. The average Bonchev–Trinajstić information content (AvgIpc) is 2.79. The molecule has 1 N–H and O–H groups in total. The van der Waals surface area contributed by atoms with Crippen molar-refractivity contribution < 1.29 is 13.2 Å². The Hall–Kier alpha value is -2.14. The van der Waals surface area contributed by atoms with E-state index in [1.165, 1.54) is 0 Å². The fraction of sp³-hybridized carbons (Fsp3) is 0.316. The van der Waals surface area contributed by atoms with Gasteiger partial charge >= 0.3 is 0 Å². The van der Waals surface area contributed by atoms with Gasteiger partial charge in [0.05, 0.1) is 22.1 Å². The fourth-order valence-electron chi connectivity index (χ4n) is 3.31. The Morgan fingerprint density at radius 3 is 2.42 bits per heavy atom. The molecule has 2 aromatic carbocycles. The van der Waals surface area contributed by atoms with Gasteiger partial charge in [-0.25, -0.2) is 8.42 Å². The van der Waals surface area contributed by atoms with Gasteiger partial charge in [-0.3, -0.25) is 4.79 Å². The number of hydrogen-bond donors (Lipinski definition) is 1. The van der Waals surface area contributed by atoms with E-state index in [1.807, 2.05) is 45.0 Å². The van der Waals surface area contributed by atoms with E-state index in [4.69, 9.17) is 0 Å². The molecule has 126 valence electrons. The lowest BCUT2D eigenvalue weighted by atomic mass is 9.81. The van der Waals surface area contributed by atoms with Crippen molar-refractivity contribution in [2.75, 3.05) is 5.75 Å². The smallest absolute Gasteiger partial charge is 0.230 e. The molecule has 0 saturated heterocycles. The van der Waals surface area contributed by atoms with Crippen molar-refractivity contribution in [1.29, 1.82) is 0 Å². The Morgan fingerprint density at radius 1 is 1.08 bits per heavy atom. The fourth-order valence-corrected chi connectivity index (χ4v) is 5.04. The van der Waals surface area contributed by atoms with Crippen LogP contribution in [-0.2, 0) is 20.0 Å². The van der Waals surface area contributed by atoms with Crippen molar-refractivity contribution in [1.82, 2.24) is 5.32 Å². The molecule has 0 fully saturated rings. The van der Waals surface area contributed by atoms with Crippen LogP contribution < -0.4 is 5.32 Å². The molecule has 0 aliphatic carbocycles. The highest BCUT2D eigenvalue weighted by atomic mass is 32.2. The van der Waals surface area contributed by atoms with Crippen LogP contribution in [0.15, 0.2) is 53.4 Å². The van der Waals surface area contributed by atoms with E-state index < -0.39 is 21.3 Å². The first-order valence-corrected chi connectivity index (χ1v) is 9.57. The van der Waals surface area contributed by atoms with Crippen molar-refractivity contribution in [2.45, 2.75) is 37.1 Å². The maximum Gasteiger partial charge on any atom is 0.230 e. The molecule has 0 bridgehead atoms. The molecule has 1 aliphatic heterocycles. The highest BCUT2D eigenvalue weighted by molar-refractivity contribution is 7.91. The number of nitrogens with one attached hydrogen (secondary N) is 1. The Kier molecular flexibility index (Phi) is 4.00. The maximum absolute atomic E-state index is 12.9. The van der Waals surface area contributed by atoms with Crippen molar-refractivity contribution in [3.63, 3.8) is 0 Å². The molecule has 0 spiro atoms. The zero-order valence-corrected chi connectivity index (χ0v) is 14.9. The van der Waals surface area contributed by atoms with Crippen LogP contribution in [0.4, 0.5) is 0 Å². The largest absolute Gasteiger partial charge is 0.347 e. The molecule has 5 heteroatoms. The quantitative estimate of drug-likeness (QED) is 0.932. The van der Waals surface area contributed by atoms with Crippen LogP contribution in [0.3, 0.4) is 0 Å². The molecule has 4 nitrogen and oxygen atoms in total. The summed E-state index contributed by atoms with van der Waals surface area (Å²) in [5, 5.41) is 2.94. The van der Waals surface area contributed by atoms with Crippen LogP contribution in [-0.4, -0.2) is 20.1 Å². The molecular weight excluding hydrogens is 322 g/mol. The van der Waals surface area contributed by atoms with Gasteiger partial charge in [0, 0.05) is 0 Å². The highest BCUT2D eigenvalue weighted by Gasteiger charge is 2.38. The zero-order chi connectivity index (χ0) is 17.5. The van der Waals surface area contributed by atoms with E-state index in [0.29, 0.717) is 10.5 Å². The van der Waals surface area contributed by atoms with Crippen molar-refractivity contribution in [3.8, 4) is 0 Å². The van der Waals surface area contributed by atoms with Crippen LogP contribution in [0.5, 0.6) is 0 Å². The summed E-state index contributed by atoms with van der Waals surface area (Å²) in [7, 11) is -3.33. The molecule has 2 aromatic rings. The van der Waals surface area contributed by atoms with Crippen LogP contribution in [0, 0.1) is 6.92 Å². The molecule has 0 saturated carbocycles. The molecule has 1 heterocycles. The predicted octanol–water partition coefficient (Wildman–Crippen LogP) is 2.92. The second-order valence-electron chi connectivity index (χ2n) is 6.79. The topological polar surface area (TPSA) is 63.2 Å². The monoisotopic (exact) mass is 343 g/mol. The van der Waals surface area contributed by atoms with Gasteiger partial charge in [-0.1, -0.05) is 42.5 Å². The number of benzene rings is 2. The number of carbonyl (C=O) groups is 1. The Labute approximate surface area is 142 Å². The Morgan fingerprint density at radius 2 is 1.71 bits per heavy atom. The second kappa shape index (κ2) is 5.74. The van der Waals surface area contributed by atoms with Gasteiger partial charge in [-0.05, 0) is 43.5 Å². The van der Waals surface area contributed by atoms with E-state index in [-0.39, 0.29) is 11.7 Å². The number of aryl methyl sites for hydroxylation is 1. The third-order valence-electron chi connectivity index (χ3n) is 4.71. The minimum Gasteiger partial charge on any atom is -0.347 e. The molecular formula is C19H21NO3S. The standard InChI is InChI=1S/C19H21NO3S/c1-13-8-4-6-10-15(13)19(2,3)18(21)20-16-12-24(22,23)17-11-7-5-9-14(16)17/h4-11,16H,12H2,1-3H3,(H,20,21). The van der Waals surface area contributed by atoms with Gasteiger partial charge in [-0.2, -0.15) is 0 Å². The molecule has 1 amide bonds. The summed E-state index contributed by atoms with van der Waals surface area (Å²) >= 11 is 0. The minimum absolute atomic E-state index is 0.0814. The Balaban J connectivity index is 1.90. The number of amides is 1. The van der Waals surface area contributed by atoms with E-state index in [2.05, 4.69) is 5.32 Å². The average molecular weight is 343 g/mol. The summed E-state index contributed by atoms with van der Waals surface area (Å²) in [6, 6.07) is 14.1. The molecule has 3 rings (SSSR count). The number of rotatable bonds is 3. The van der Waals surface area contributed by atoms with Crippen molar-refractivity contribution >= 4 is 15.7 Å². The molecule has 0 radical (unpaired) electrons. The van der Waals surface area contributed by atoms with Gasteiger partial charge in [0.15, 0.2) is 9.84 Å². The van der Waals surface area contributed by atoms with E-state index in [0.717, 1.165) is 11.1 Å². The predicted molar refractivity (Wildman–Crippen MR) is 93.6 cm³/mol. The summed E-state index contributed by atoms with van der Waals surface area (Å²) < 4.78 is 24.5. The van der Waals surface area contributed by atoms with Crippen LogP contribution in [0.25, 0.3) is 0 Å². The van der Waals surface area contributed by atoms with Crippen molar-refractivity contribution in [2.24, 2.45) is 0 Å². The van der Waals surface area contributed by atoms with Gasteiger partial charge in [0.2, 0.25) is 5.91 Å². The molecule has 1 unspecified atom stereocenters. The SMILES string of the molecule is Cc1ccccc1C(C)(C)C(=O)NC1CS(=O)(=O)c2ccccc21. The first-order chi connectivity index (χ1) is 11.2. The summed E-state index contributed by atoms with van der Waals surface area (Å²) in [6.07, 6.45) is 0. The second-order valence-corrected chi connectivity index (χ2v) is 8.79. The lowest BCUT2D eigenvalue weighted by molar-refractivity contribution is -0.126. The molecule has 0 aromatic heterocycles. The van der Waals surface area contributed by atoms with Crippen molar-refractivity contribution in [3.05, 3.63) is 65.2 Å². The number of sulfone groups is 1. The summed E-state index contributed by atoms with van der Waals surface area (Å²) in [5.41, 5.74) is 1.91. The van der Waals surface area contributed by atoms with E-state index in [1.54, 1.807) is 24.3 Å². The van der Waals surface area contributed by atoms with E-state index >= 15 is 0 Å². The number of hydrogen-bond acceptors (Lipinski definition) is 3. The Bertz CT molecular complexity index is 900. The minimum atomic E-state index is -3.33.